The molecule has 4 rings (SSSR count). The van der Waals surface area contributed by atoms with Gasteiger partial charge in [0.25, 0.3) is 0 Å². The maximum Gasteiger partial charge on any atom is 0.227 e. The molecule has 31 heavy (non-hydrogen) atoms. The Kier molecular flexibility index (Phi) is 6.70. The smallest absolute Gasteiger partial charge is 0.227 e. The van der Waals surface area contributed by atoms with Gasteiger partial charge in [0.15, 0.2) is 0 Å². The zero-order chi connectivity index (χ0) is 21.8. The SMILES string of the molecule is CC(c1ccccc1)N1CC(C(=O)NC2CCN(C(=O)Cc3cccs3)CC2)CC1=O. The second kappa shape index (κ2) is 9.64. The molecule has 2 aromatic rings. The van der Waals surface area contributed by atoms with Crippen LogP contribution in [0, 0.1) is 5.92 Å². The van der Waals surface area contributed by atoms with Gasteiger partial charge < -0.3 is 15.1 Å². The number of carbonyl (C=O) groups excluding carboxylic acids is 3. The fraction of sp³-hybridized carbons (Fsp3) is 0.458. The van der Waals surface area contributed by atoms with Crippen molar-refractivity contribution in [2.75, 3.05) is 19.6 Å². The molecule has 2 fully saturated rings. The largest absolute Gasteiger partial charge is 0.353 e. The highest BCUT2D eigenvalue weighted by atomic mass is 32.1. The number of likely N-dealkylation sites (tertiary alicyclic amines) is 2. The third-order valence-corrected chi connectivity index (χ3v) is 7.25. The van der Waals surface area contributed by atoms with Gasteiger partial charge in [0.2, 0.25) is 17.7 Å². The van der Waals surface area contributed by atoms with Gasteiger partial charge in [-0.15, -0.1) is 11.3 Å². The average Bonchev–Trinajstić information content (AvgIpc) is 3.44. The van der Waals surface area contributed by atoms with Gasteiger partial charge >= 0.3 is 0 Å². The van der Waals surface area contributed by atoms with E-state index in [1.807, 2.05) is 64.6 Å². The molecule has 0 saturated carbocycles. The second-order valence-corrected chi connectivity index (χ2v) is 9.49. The Morgan fingerprint density at radius 1 is 1.13 bits per heavy atom. The van der Waals surface area contributed by atoms with Gasteiger partial charge in [-0.05, 0) is 36.8 Å². The molecule has 2 aliphatic rings. The minimum atomic E-state index is -0.308. The predicted molar refractivity (Wildman–Crippen MR) is 120 cm³/mol. The van der Waals surface area contributed by atoms with E-state index in [2.05, 4.69) is 5.32 Å². The third kappa shape index (κ3) is 5.15. The highest BCUT2D eigenvalue weighted by molar-refractivity contribution is 7.10. The predicted octanol–water partition coefficient (Wildman–Crippen LogP) is 3.01. The third-order valence-electron chi connectivity index (χ3n) is 6.38. The van der Waals surface area contributed by atoms with Crippen molar-refractivity contribution in [3.8, 4) is 0 Å². The molecule has 6 nitrogen and oxygen atoms in total. The van der Waals surface area contributed by atoms with Crippen LogP contribution < -0.4 is 5.32 Å². The van der Waals surface area contributed by atoms with Gasteiger partial charge in [0.1, 0.15) is 0 Å². The first-order chi connectivity index (χ1) is 15.0. The molecule has 2 atom stereocenters. The standard InChI is InChI=1S/C24H29N3O3S/c1-17(18-6-3-2-4-7-18)27-16-19(14-23(27)29)24(30)25-20-9-11-26(12-10-20)22(28)15-21-8-5-13-31-21/h2-8,13,17,19-20H,9-12,14-16H2,1H3,(H,25,30). The molecule has 3 amide bonds. The molecule has 2 aliphatic heterocycles. The lowest BCUT2D eigenvalue weighted by Crippen LogP contribution is -2.48. The number of benzene rings is 1. The van der Waals surface area contributed by atoms with Crippen LogP contribution >= 0.6 is 11.3 Å². The zero-order valence-corrected chi connectivity index (χ0v) is 18.6. The van der Waals surface area contributed by atoms with Crippen molar-refractivity contribution >= 4 is 29.1 Å². The number of rotatable bonds is 6. The lowest BCUT2D eigenvalue weighted by Gasteiger charge is -2.33. The van der Waals surface area contributed by atoms with Gasteiger partial charge in [-0.25, -0.2) is 0 Å². The molecule has 0 spiro atoms. The van der Waals surface area contributed by atoms with Crippen molar-refractivity contribution in [2.45, 2.75) is 44.7 Å². The lowest BCUT2D eigenvalue weighted by atomic mass is 10.0. The normalized spacial score (nSPS) is 20.7. The summed E-state index contributed by atoms with van der Waals surface area (Å²) in [5, 5.41) is 5.12. The minimum absolute atomic E-state index is 0.0329. The van der Waals surface area contributed by atoms with Crippen molar-refractivity contribution in [2.24, 2.45) is 5.92 Å². The summed E-state index contributed by atoms with van der Waals surface area (Å²) >= 11 is 1.60. The molecule has 1 aromatic heterocycles. The maximum absolute atomic E-state index is 12.8. The highest BCUT2D eigenvalue weighted by Gasteiger charge is 2.37. The molecule has 2 saturated heterocycles. The van der Waals surface area contributed by atoms with E-state index >= 15 is 0 Å². The van der Waals surface area contributed by atoms with Crippen LogP contribution in [0.3, 0.4) is 0 Å². The average molecular weight is 440 g/mol. The van der Waals surface area contributed by atoms with Crippen LogP contribution in [-0.2, 0) is 20.8 Å². The highest BCUT2D eigenvalue weighted by Crippen LogP contribution is 2.28. The number of carbonyl (C=O) groups is 3. The van der Waals surface area contributed by atoms with Gasteiger partial charge in [-0.2, -0.15) is 0 Å². The number of amides is 3. The van der Waals surface area contributed by atoms with Crippen LogP contribution in [0.25, 0.3) is 0 Å². The Morgan fingerprint density at radius 3 is 2.55 bits per heavy atom. The topological polar surface area (TPSA) is 69.7 Å². The summed E-state index contributed by atoms with van der Waals surface area (Å²) in [5.74, 6) is -0.165. The summed E-state index contributed by atoms with van der Waals surface area (Å²) in [4.78, 5) is 42.6. The first-order valence-corrected chi connectivity index (χ1v) is 11.8. The van der Waals surface area contributed by atoms with E-state index in [1.54, 1.807) is 11.3 Å². The van der Waals surface area contributed by atoms with E-state index < -0.39 is 0 Å². The maximum atomic E-state index is 12.8. The van der Waals surface area contributed by atoms with Gasteiger partial charge in [-0.1, -0.05) is 36.4 Å². The van der Waals surface area contributed by atoms with E-state index in [0.29, 0.717) is 26.1 Å². The molecular formula is C24H29N3O3S. The molecule has 0 radical (unpaired) electrons. The van der Waals surface area contributed by atoms with Gasteiger partial charge in [0.05, 0.1) is 18.4 Å². The first kappa shape index (κ1) is 21.6. The fourth-order valence-corrected chi connectivity index (χ4v) is 5.16. The Balaban J connectivity index is 1.25. The van der Waals surface area contributed by atoms with Crippen LogP contribution in [-0.4, -0.2) is 53.2 Å². The van der Waals surface area contributed by atoms with Crippen molar-refractivity contribution < 1.29 is 14.4 Å². The quantitative estimate of drug-likeness (QED) is 0.752. The number of hydrogen-bond acceptors (Lipinski definition) is 4. The van der Waals surface area contributed by atoms with Crippen LogP contribution in [0.5, 0.6) is 0 Å². The lowest BCUT2D eigenvalue weighted by molar-refractivity contribution is -0.132. The molecule has 3 heterocycles. The number of nitrogens with zero attached hydrogens (tertiary/aromatic N) is 2. The van der Waals surface area contributed by atoms with Crippen LogP contribution in [0.2, 0.25) is 0 Å². The van der Waals surface area contributed by atoms with E-state index in [4.69, 9.17) is 0 Å². The summed E-state index contributed by atoms with van der Waals surface area (Å²) in [6, 6.07) is 13.9. The molecule has 0 aliphatic carbocycles. The number of nitrogens with one attached hydrogen (secondary N) is 1. The Hall–Kier alpha value is -2.67. The summed E-state index contributed by atoms with van der Waals surface area (Å²) < 4.78 is 0. The van der Waals surface area contributed by atoms with Crippen molar-refractivity contribution in [1.29, 1.82) is 0 Å². The molecule has 2 unspecified atom stereocenters. The molecule has 0 bridgehead atoms. The fourth-order valence-electron chi connectivity index (χ4n) is 4.46. The van der Waals surface area contributed by atoms with E-state index in [9.17, 15) is 14.4 Å². The van der Waals surface area contributed by atoms with Gasteiger partial charge in [0, 0.05) is 37.0 Å². The zero-order valence-electron chi connectivity index (χ0n) is 17.8. The number of piperidine rings is 1. The molecular weight excluding hydrogens is 410 g/mol. The summed E-state index contributed by atoms with van der Waals surface area (Å²) in [6.45, 7) is 3.79. The summed E-state index contributed by atoms with van der Waals surface area (Å²) in [6.07, 6.45) is 2.23. The van der Waals surface area contributed by atoms with E-state index in [0.717, 1.165) is 23.3 Å². The Labute approximate surface area is 187 Å². The second-order valence-electron chi connectivity index (χ2n) is 8.45. The monoisotopic (exact) mass is 439 g/mol. The molecule has 7 heteroatoms. The van der Waals surface area contributed by atoms with Crippen molar-refractivity contribution in [3.05, 3.63) is 58.3 Å². The van der Waals surface area contributed by atoms with Crippen LogP contribution in [0.15, 0.2) is 47.8 Å². The van der Waals surface area contributed by atoms with E-state index in [1.165, 1.54) is 0 Å². The molecule has 1 N–H and O–H groups in total. The minimum Gasteiger partial charge on any atom is -0.353 e. The first-order valence-electron chi connectivity index (χ1n) is 11.0. The van der Waals surface area contributed by atoms with Crippen LogP contribution in [0.1, 0.15) is 42.7 Å². The van der Waals surface area contributed by atoms with Crippen molar-refractivity contribution in [1.82, 2.24) is 15.1 Å². The number of thiophene rings is 1. The Morgan fingerprint density at radius 2 is 1.87 bits per heavy atom. The van der Waals surface area contributed by atoms with Gasteiger partial charge in [-0.3, -0.25) is 14.4 Å². The number of hydrogen-bond donors (Lipinski definition) is 1. The summed E-state index contributed by atoms with van der Waals surface area (Å²) in [7, 11) is 0. The van der Waals surface area contributed by atoms with Crippen molar-refractivity contribution in [3.63, 3.8) is 0 Å². The summed E-state index contributed by atoms with van der Waals surface area (Å²) in [5.41, 5.74) is 1.08. The van der Waals surface area contributed by atoms with E-state index in [-0.39, 0.29) is 42.1 Å². The molecule has 164 valence electrons. The Bertz CT molecular complexity index is 907. The van der Waals surface area contributed by atoms with Crippen LogP contribution in [0.4, 0.5) is 0 Å². The molecule has 1 aromatic carbocycles.